The molecule has 0 spiro atoms. The summed E-state index contributed by atoms with van der Waals surface area (Å²) in [5.74, 6) is 0.177. The number of carbonyl (C=O) groups excluding carboxylic acids is 1. The first kappa shape index (κ1) is 17.4. The van der Waals surface area contributed by atoms with Crippen LogP contribution in [0.25, 0.3) is 22.0 Å². The Morgan fingerprint density at radius 1 is 1.07 bits per heavy atom. The molecule has 0 bridgehead atoms. The van der Waals surface area contributed by atoms with Crippen LogP contribution in [0.15, 0.2) is 48.7 Å². The van der Waals surface area contributed by atoms with E-state index in [9.17, 15) is 4.79 Å². The number of likely N-dealkylation sites (N-methyl/N-ethyl adjacent to an activating group) is 1. The molecule has 138 valence electrons. The van der Waals surface area contributed by atoms with Crippen LogP contribution in [0.2, 0.25) is 0 Å². The van der Waals surface area contributed by atoms with Crippen molar-refractivity contribution in [2.45, 2.75) is 0 Å². The highest BCUT2D eigenvalue weighted by atomic mass is 16.1. The average Bonchev–Trinajstić information content (AvgIpc) is 2.69. The van der Waals surface area contributed by atoms with Gasteiger partial charge in [0.05, 0.1) is 5.52 Å². The zero-order chi connectivity index (χ0) is 18.8. The lowest BCUT2D eigenvalue weighted by Crippen LogP contribution is -2.47. The van der Waals surface area contributed by atoms with E-state index in [4.69, 9.17) is 5.73 Å². The van der Waals surface area contributed by atoms with Crippen LogP contribution < -0.4 is 11.2 Å². The summed E-state index contributed by atoms with van der Waals surface area (Å²) in [5, 5.41) is 3.09. The molecule has 0 unspecified atom stereocenters. The van der Waals surface area contributed by atoms with Crippen LogP contribution in [0.4, 0.5) is 5.95 Å². The molecule has 1 amide bonds. The molecular weight excluding hydrogens is 340 g/mol. The molecule has 3 aromatic rings. The lowest BCUT2D eigenvalue weighted by atomic mass is 10.0. The predicted octanol–water partition coefficient (Wildman–Crippen LogP) is 1.97. The van der Waals surface area contributed by atoms with E-state index in [1.54, 1.807) is 12.1 Å². The van der Waals surface area contributed by atoms with E-state index in [1.807, 2.05) is 36.5 Å². The molecule has 4 rings (SSSR count). The van der Waals surface area contributed by atoms with E-state index in [0.717, 1.165) is 48.2 Å². The van der Waals surface area contributed by atoms with Crippen LogP contribution in [0.3, 0.4) is 0 Å². The van der Waals surface area contributed by atoms with E-state index in [2.05, 4.69) is 32.4 Å². The number of hydrogen-bond acceptors (Lipinski definition) is 6. The van der Waals surface area contributed by atoms with Gasteiger partial charge in [-0.15, -0.1) is 0 Å². The average molecular weight is 362 g/mol. The minimum atomic E-state index is -0.430. The number of amides is 1. The Labute approximate surface area is 157 Å². The van der Waals surface area contributed by atoms with Crippen LogP contribution in [0.5, 0.6) is 0 Å². The lowest BCUT2D eigenvalue weighted by molar-refractivity contribution is 0.100. The van der Waals surface area contributed by atoms with Gasteiger partial charge in [0.15, 0.2) is 0 Å². The quantitative estimate of drug-likeness (QED) is 0.738. The molecule has 2 aromatic carbocycles. The predicted molar refractivity (Wildman–Crippen MR) is 106 cm³/mol. The van der Waals surface area contributed by atoms with Gasteiger partial charge in [0.1, 0.15) is 0 Å². The van der Waals surface area contributed by atoms with E-state index in [-0.39, 0.29) is 0 Å². The van der Waals surface area contributed by atoms with Crippen LogP contribution >= 0.6 is 0 Å². The van der Waals surface area contributed by atoms with Crippen LogP contribution in [-0.2, 0) is 0 Å². The summed E-state index contributed by atoms with van der Waals surface area (Å²) in [6.45, 7) is 3.92. The normalized spacial score (nSPS) is 15.7. The zero-order valence-electron chi connectivity index (χ0n) is 15.2. The van der Waals surface area contributed by atoms with Gasteiger partial charge >= 0.3 is 0 Å². The second-order valence-electron chi connectivity index (χ2n) is 6.81. The first-order valence-electron chi connectivity index (χ1n) is 8.96. The maximum atomic E-state index is 11.4. The Hall–Kier alpha value is -3.03. The molecule has 1 saturated heterocycles. The first-order valence-corrected chi connectivity index (χ1v) is 8.96. The van der Waals surface area contributed by atoms with Gasteiger partial charge in [0.25, 0.3) is 0 Å². The van der Waals surface area contributed by atoms with Crippen molar-refractivity contribution in [3.63, 3.8) is 0 Å². The highest BCUT2D eigenvalue weighted by molar-refractivity contribution is 5.94. The van der Waals surface area contributed by atoms with Crippen LogP contribution in [0, 0.1) is 0 Å². The van der Waals surface area contributed by atoms with E-state index in [0.29, 0.717) is 11.5 Å². The van der Waals surface area contributed by atoms with Gasteiger partial charge in [-0.05, 0) is 42.4 Å². The molecule has 0 radical (unpaired) electrons. The molecule has 0 atom stereocenters. The van der Waals surface area contributed by atoms with Crippen molar-refractivity contribution in [2.24, 2.45) is 5.73 Å². The molecule has 2 heterocycles. The number of carbonyl (C=O) groups is 1. The van der Waals surface area contributed by atoms with Crippen molar-refractivity contribution in [3.05, 3.63) is 54.2 Å². The summed E-state index contributed by atoms with van der Waals surface area (Å²) in [6, 6.07) is 13.3. The first-order chi connectivity index (χ1) is 13.1. The summed E-state index contributed by atoms with van der Waals surface area (Å²) in [5.41, 5.74) is 12.0. The third-order valence-electron chi connectivity index (χ3n) is 4.82. The zero-order valence-corrected chi connectivity index (χ0v) is 15.2. The summed E-state index contributed by atoms with van der Waals surface area (Å²) in [4.78, 5) is 22.8. The third-order valence-corrected chi connectivity index (χ3v) is 4.82. The van der Waals surface area contributed by atoms with Crippen molar-refractivity contribution in [1.82, 2.24) is 19.9 Å². The summed E-state index contributed by atoms with van der Waals surface area (Å²) in [7, 11) is 2.13. The number of piperazine rings is 1. The fourth-order valence-electron chi connectivity index (χ4n) is 3.18. The second kappa shape index (κ2) is 7.30. The minimum Gasteiger partial charge on any atom is -0.366 e. The maximum absolute atomic E-state index is 11.4. The number of fused-ring (bicyclic) bond motifs is 1. The number of primary amides is 1. The van der Waals surface area contributed by atoms with Gasteiger partial charge in [0.2, 0.25) is 11.9 Å². The van der Waals surface area contributed by atoms with Crippen molar-refractivity contribution in [3.8, 4) is 11.1 Å². The third kappa shape index (κ3) is 3.89. The van der Waals surface area contributed by atoms with Gasteiger partial charge in [-0.3, -0.25) is 10.2 Å². The molecule has 0 aliphatic carbocycles. The molecule has 1 aliphatic heterocycles. The Bertz CT molecular complexity index is 981. The monoisotopic (exact) mass is 362 g/mol. The smallest absolute Gasteiger partial charge is 0.248 e. The summed E-state index contributed by atoms with van der Waals surface area (Å²) < 4.78 is 0. The Morgan fingerprint density at radius 2 is 1.85 bits per heavy atom. The van der Waals surface area contributed by atoms with Gasteiger partial charge in [-0.2, -0.15) is 0 Å². The topological polar surface area (TPSA) is 87.4 Å². The molecule has 1 aromatic heterocycles. The van der Waals surface area contributed by atoms with Gasteiger partial charge in [-0.25, -0.2) is 15.0 Å². The van der Waals surface area contributed by atoms with Gasteiger partial charge in [0, 0.05) is 43.3 Å². The fourth-order valence-corrected chi connectivity index (χ4v) is 3.18. The largest absolute Gasteiger partial charge is 0.366 e. The number of aromatic nitrogens is 2. The number of anilines is 1. The molecule has 0 saturated carbocycles. The SMILES string of the molecule is CN1CCN(Nc2ncc3cc(-c4cccc(C(N)=O)c4)ccc3n2)CC1. The highest BCUT2D eigenvalue weighted by Crippen LogP contribution is 2.24. The molecule has 1 fully saturated rings. The molecular formula is C20H22N6O. The number of hydrazine groups is 1. The van der Waals surface area contributed by atoms with Crippen molar-refractivity contribution in [2.75, 3.05) is 38.7 Å². The standard InChI is InChI=1S/C20H22N6O/c1-25-7-9-26(10-8-25)24-20-22-13-17-12-15(5-6-18(17)23-20)14-3-2-4-16(11-14)19(21)27/h2-6,11-13H,7-10H2,1H3,(H2,21,27)(H,22,23,24). The molecule has 3 N–H and O–H groups in total. The minimum absolute atomic E-state index is 0.430. The van der Waals surface area contributed by atoms with Gasteiger partial charge in [-0.1, -0.05) is 18.2 Å². The van der Waals surface area contributed by atoms with Gasteiger partial charge < -0.3 is 10.6 Å². The number of hydrogen-bond donors (Lipinski definition) is 2. The van der Waals surface area contributed by atoms with Crippen molar-refractivity contribution >= 4 is 22.8 Å². The molecule has 7 heteroatoms. The van der Waals surface area contributed by atoms with Crippen molar-refractivity contribution in [1.29, 1.82) is 0 Å². The molecule has 1 aliphatic rings. The van der Waals surface area contributed by atoms with Crippen LogP contribution in [0.1, 0.15) is 10.4 Å². The highest BCUT2D eigenvalue weighted by Gasteiger charge is 2.14. The maximum Gasteiger partial charge on any atom is 0.248 e. The number of nitrogens with zero attached hydrogens (tertiary/aromatic N) is 4. The molecule has 7 nitrogen and oxygen atoms in total. The van der Waals surface area contributed by atoms with Crippen molar-refractivity contribution < 1.29 is 4.79 Å². The summed E-state index contributed by atoms with van der Waals surface area (Å²) in [6.07, 6.45) is 1.82. The van der Waals surface area contributed by atoms with Crippen LogP contribution in [-0.4, -0.2) is 59.0 Å². The number of nitrogens with two attached hydrogens (primary N) is 1. The Balaban J connectivity index is 1.57. The Kier molecular flexibility index (Phi) is 4.70. The lowest BCUT2D eigenvalue weighted by Gasteiger charge is -2.32. The molecule has 27 heavy (non-hydrogen) atoms. The number of rotatable bonds is 4. The van der Waals surface area contributed by atoms with E-state index < -0.39 is 5.91 Å². The number of benzene rings is 2. The fraction of sp³-hybridized carbons (Fsp3) is 0.250. The second-order valence-corrected chi connectivity index (χ2v) is 6.81. The number of nitrogens with one attached hydrogen (secondary N) is 1. The Morgan fingerprint density at radius 3 is 2.63 bits per heavy atom. The summed E-state index contributed by atoms with van der Waals surface area (Å²) >= 11 is 0. The van der Waals surface area contributed by atoms with E-state index in [1.165, 1.54) is 0 Å². The van der Waals surface area contributed by atoms with E-state index >= 15 is 0 Å².